The summed E-state index contributed by atoms with van der Waals surface area (Å²) in [5.41, 5.74) is 10.1. The Morgan fingerprint density at radius 1 is 1.27 bits per heavy atom. The van der Waals surface area contributed by atoms with Crippen LogP contribution < -0.4 is 5.73 Å². The van der Waals surface area contributed by atoms with Gasteiger partial charge in [-0.15, -0.1) is 0 Å². The summed E-state index contributed by atoms with van der Waals surface area (Å²) in [4.78, 5) is 14.1. The Labute approximate surface area is 133 Å². The molecule has 22 heavy (non-hydrogen) atoms. The molecule has 2 N–H and O–H groups in total. The summed E-state index contributed by atoms with van der Waals surface area (Å²) in [6.45, 7) is 11.4. The van der Waals surface area contributed by atoms with Crippen LogP contribution in [0.25, 0.3) is 0 Å². The molecule has 1 aliphatic heterocycles. The summed E-state index contributed by atoms with van der Waals surface area (Å²) >= 11 is 0. The van der Waals surface area contributed by atoms with E-state index in [0.717, 1.165) is 37.2 Å². The lowest BCUT2D eigenvalue weighted by atomic mass is 9.86. The summed E-state index contributed by atoms with van der Waals surface area (Å²) in [5.74, 6) is 0.362. The third-order valence-electron chi connectivity index (χ3n) is 4.38. The first kappa shape index (κ1) is 16.7. The van der Waals surface area contributed by atoms with Crippen molar-refractivity contribution in [1.29, 1.82) is 0 Å². The number of benzene rings is 1. The van der Waals surface area contributed by atoms with Gasteiger partial charge in [0, 0.05) is 24.7 Å². The van der Waals surface area contributed by atoms with Gasteiger partial charge in [-0.1, -0.05) is 6.07 Å². The minimum absolute atomic E-state index is 0.206. The van der Waals surface area contributed by atoms with Gasteiger partial charge in [0.1, 0.15) is 5.60 Å². The zero-order chi connectivity index (χ0) is 16.5. The Morgan fingerprint density at radius 3 is 2.59 bits per heavy atom. The largest absolute Gasteiger partial charge is 0.444 e. The van der Waals surface area contributed by atoms with Crippen LogP contribution >= 0.6 is 0 Å². The highest BCUT2D eigenvalue weighted by Crippen LogP contribution is 2.32. The fraction of sp³-hybridized carbons (Fsp3) is 0.611. The van der Waals surface area contributed by atoms with Gasteiger partial charge in [-0.2, -0.15) is 0 Å². The molecule has 1 aromatic rings. The highest BCUT2D eigenvalue weighted by Gasteiger charge is 2.29. The van der Waals surface area contributed by atoms with Crippen molar-refractivity contribution < 1.29 is 9.53 Å². The topological polar surface area (TPSA) is 55.6 Å². The van der Waals surface area contributed by atoms with Gasteiger partial charge in [-0.05, 0) is 70.2 Å². The number of carbonyl (C=O) groups excluding carboxylic acids is 1. The van der Waals surface area contributed by atoms with Crippen LogP contribution in [0.5, 0.6) is 0 Å². The molecule has 1 aliphatic rings. The summed E-state index contributed by atoms with van der Waals surface area (Å²) in [6, 6.07) is 4.09. The van der Waals surface area contributed by atoms with Crippen LogP contribution in [0.2, 0.25) is 0 Å². The van der Waals surface area contributed by atoms with E-state index in [-0.39, 0.29) is 6.09 Å². The van der Waals surface area contributed by atoms with Crippen molar-refractivity contribution in [2.75, 3.05) is 18.8 Å². The fourth-order valence-electron chi connectivity index (χ4n) is 3.03. The summed E-state index contributed by atoms with van der Waals surface area (Å²) in [5, 5.41) is 0. The predicted molar refractivity (Wildman–Crippen MR) is 90.1 cm³/mol. The number of nitrogens with zero attached hydrogens (tertiary/aromatic N) is 1. The van der Waals surface area contributed by atoms with Crippen molar-refractivity contribution in [1.82, 2.24) is 4.90 Å². The normalized spacial score (nSPS) is 19.1. The first-order valence-electron chi connectivity index (χ1n) is 8.02. The fourth-order valence-corrected chi connectivity index (χ4v) is 3.03. The molecule has 0 spiro atoms. The van der Waals surface area contributed by atoms with Crippen molar-refractivity contribution in [3.8, 4) is 0 Å². The summed E-state index contributed by atoms with van der Waals surface area (Å²) < 4.78 is 5.50. The molecule has 2 rings (SSSR count). The number of nitrogen functional groups attached to an aromatic ring is 1. The van der Waals surface area contributed by atoms with E-state index in [1.165, 1.54) is 11.1 Å². The molecule has 4 heteroatoms. The molecule has 0 radical (unpaired) electrons. The highest BCUT2D eigenvalue weighted by atomic mass is 16.6. The van der Waals surface area contributed by atoms with E-state index in [1.54, 1.807) is 0 Å². The second-order valence-electron chi connectivity index (χ2n) is 7.26. The predicted octanol–water partition coefficient (Wildman–Crippen LogP) is 4.00. The van der Waals surface area contributed by atoms with E-state index >= 15 is 0 Å². The zero-order valence-electron chi connectivity index (χ0n) is 14.4. The molecule has 0 aliphatic carbocycles. The number of nitrogens with two attached hydrogens (primary N) is 1. The molecule has 0 bridgehead atoms. The molecule has 0 aromatic heterocycles. The van der Waals surface area contributed by atoms with Gasteiger partial charge >= 0.3 is 6.09 Å². The van der Waals surface area contributed by atoms with E-state index in [1.807, 2.05) is 31.7 Å². The molecule has 1 heterocycles. The van der Waals surface area contributed by atoms with Crippen molar-refractivity contribution >= 4 is 11.8 Å². The molecule has 1 aromatic carbocycles. The Balaban J connectivity index is 2.14. The molecule has 122 valence electrons. The molecular formula is C18H28N2O2. The molecule has 0 unspecified atom stereocenters. The third kappa shape index (κ3) is 3.73. The average Bonchev–Trinajstić information content (AvgIpc) is 2.43. The molecule has 1 saturated heterocycles. The van der Waals surface area contributed by atoms with E-state index in [4.69, 9.17) is 10.5 Å². The minimum Gasteiger partial charge on any atom is -0.444 e. The van der Waals surface area contributed by atoms with Crippen LogP contribution in [-0.2, 0) is 4.74 Å². The second kappa shape index (κ2) is 6.19. The van der Waals surface area contributed by atoms with Gasteiger partial charge < -0.3 is 15.4 Å². The van der Waals surface area contributed by atoms with E-state index in [9.17, 15) is 4.79 Å². The van der Waals surface area contributed by atoms with E-state index in [0.29, 0.717) is 5.92 Å². The number of anilines is 1. The zero-order valence-corrected chi connectivity index (χ0v) is 14.4. The second-order valence-corrected chi connectivity index (χ2v) is 7.26. The Bertz CT molecular complexity index is 561. The van der Waals surface area contributed by atoms with E-state index in [2.05, 4.69) is 19.9 Å². The summed E-state index contributed by atoms with van der Waals surface area (Å²) in [7, 11) is 0. The lowest BCUT2D eigenvalue weighted by molar-refractivity contribution is 0.0198. The number of amides is 1. The van der Waals surface area contributed by atoms with Crippen molar-refractivity contribution in [2.45, 2.75) is 59.0 Å². The molecule has 4 nitrogen and oxygen atoms in total. The smallest absolute Gasteiger partial charge is 0.410 e. The number of likely N-dealkylation sites (tertiary alicyclic amines) is 1. The third-order valence-corrected chi connectivity index (χ3v) is 4.38. The van der Waals surface area contributed by atoms with Crippen LogP contribution in [0.1, 0.15) is 56.2 Å². The maximum absolute atomic E-state index is 12.3. The number of piperidine rings is 1. The van der Waals surface area contributed by atoms with E-state index < -0.39 is 5.60 Å². The van der Waals surface area contributed by atoms with Crippen molar-refractivity contribution in [2.24, 2.45) is 0 Å². The Kier molecular flexibility index (Phi) is 4.69. The monoisotopic (exact) mass is 304 g/mol. The first-order valence-corrected chi connectivity index (χ1v) is 8.02. The maximum Gasteiger partial charge on any atom is 0.410 e. The van der Waals surface area contributed by atoms with Gasteiger partial charge in [0.15, 0.2) is 0 Å². The molecule has 1 amide bonds. The van der Waals surface area contributed by atoms with Crippen molar-refractivity contribution in [3.63, 3.8) is 0 Å². The lowest BCUT2D eigenvalue weighted by Crippen LogP contribution is -2.42. The van der Waals surface area contributed by atoms with Gasteiger partial charge in [-0.25, -0.2) is 4.79 Å². The van der Waals surface area contributed by atoms with Crippen LogP contribution in [0.3, 0.4) is 0 Å². The van der Waals surface area contributed by atoms with Gasteiger partial charge in [-0.3, -0.25) is 0 Å². The quantitative estimate of drug-likeness (QED) is 0.798. The average molecular weight is 304 g/mol. The number of rotatable bonds is 1. The summed E-state index contributed by atoms with van der Waals surface area (Å²) in [6.07, 6.45) is 1.90. The SMILES string of the molecule is Cc1c(N)ccc([C@@H]2CCCN(C(=O)OC(C)(C)C)C2)c1C. The Hall–Kier alpha value is -1.71. The molecule has 1 fully saturated rings. The number of hydrogen-bond acceptors (Lipinski definition) is 3. The van der Waals surface area contributed by atoms with Gasteiger partial charge in [0.25, 0.3) is 0 Å². The van der Waals surface area contributed by atoms with Crippen LogP contribution in [0.4, 0.5) is 10.5 Å². The number of hydrogen-bond donors (Lipinski definition) is 1. The minimum atomic E-state index is -0.447. The first-order chi connectivity index (χ1) is 10.2. The molecule has 0 saturated carbocycles. The van der Waals surface area contributed by atoms with Gasteiger partial charge in [0.05, 0.1) is 0 Å². The highest BCUT2D eigenvalue weighted by molar-refractivity contribution is 5.68. The standard InChI is InChI=1S/C18H28N2O2/c1-12-13(2)16(19)9-8-15(12)14-7-6-10-20(11-14)17(21)22-18(3,4)5/h8-9,14H,6-7,10-11,19H2,1-5H3/t14-/m1/s1. The molecule has 1 atom stereocenters. The van der Waals surface area contributed by atoms with Crippen molar-refractivity contribution in [3.05, 3.63) is 28.8 Å². The molecular weight excluding hydrogens is 276 g/mol. The number of ether oxygens (including phenoxy) is 1. The van der Waals surface area contributed by atoms with Crippen LogP contribution in [-0.4, -0.2) is 29.7 Å². The Morgan fingerprint density at radius 2 is 1.95 bits per heavy atom. The number of carbonyl (C=O) groups is 1. The van der Waals surface area contributed by atoms with Crippen LogP contribution in [0.15, 0.2) is 12.1 Å². The maximum atomic E-state index is 12.3. The lowest BCUT2D eigenvalue weighted by Gasteiger charge is -2.35. The van der Waals surface area contributed by atoms with Crippen LogP contribution in [0, 0.1) is 13.8 Å². The van der Waals surface area contributed by atoms with Gasteiger partial charge in [0.2, 0.25) is 0 Å².